The third-order valence-electron chi connectivity index (χ3n) is 8.53. The predicted octanol–water partition coefficient (Wildman–Crippen LogP) is 4.43. The van der Waals surface area contributed by atoms with Crippen molar-refractivity contribution in [3.8, 4) is 11.5 Å². The molecule has 0 fully saturated rings. The molecule has 0 radical (unpaired) electrons. The van der Waals surface area contributed by atoms with Crippen LogP contribution in [0.25, 0.3) is 5.57 Å². The van der Waals surface area contributed by atoms with Gasteiger partial charge in [-0.2, -0.15) is 0 Å². The van der Waals surface area contributed by atoms with Crippen LogP contribution >= 0.6 is 0 Å². The number of anilines is 1. The molecule has 0 saturated heterocycles. The molecule has 0 aromatic heterocycles. The van der Waals surface area contributed by atoms with Gasteiger partial charge in [0.15, 0.2) is 0 Å². The molecule has 5 nitrogen and oxygen atoms in total. The number of aryl methyl sites for hydroxylation is 2. The number of rotatable bonds is 4. The Kier molecular flexibility index (Phi) is 5.35. The highest BCUT2D eigenvalue weighted by Crippen LogP contribution is 2.46. The number of carbonyl (C=O) groups is 1. The molecule has 4 aliphatic heterocycles. The van der Waals surface area contributed by atoms with Gasteiger partial charge in [-0.1, -0.05) is 31.5 Å². The SMILES string of the molecule is CCCc1cc2c(c3c1NCCC3)Oc1c3c4c(cc1=C2c1ccccc1C(=O)O)CCC[N+]=4CCC3. The van der Waals surface area contributed by atoms with E-state index in [1.165, 1.54) is 33.3 Å². The van der Waals surface area contributed by atoms with E-state index >= 15 is 0 Å². The molecule has 4 aliphatic rings. The lowest BCUT2D eigenvalue weighted by atomic mass is 9.83. The van der Waals surface area contributed by atoms with Crippen LogP contribution in [-0.2, 0) is 25.7 Å². The van der Waals surface area contributed by atoms with Crippen molar-refractivity contribution >= 4 is 17.2 Å². The molecule has 0 atom stereocenters. The van der Waals surface area contributed by atoms with Gasteiger partial charge < -0.3 is 15.2 Å². The zero-order valence-electron chi connectivity index (χ0n) is 21.5. The molecule has 5 heteroatoms. The molecule has 2 N–H and O–H groups in total. The minimum absolute atomic E-state index is 0.345. The summed E-state index contributed by atoms with van der Waals surface area (Å²) < 4.78 is 9.54. The summed E-state index contributed by atoms with van der Waals surface area (Å²) in [4.78, 5) is 12.4. The van der Waals surface area contributed by atoms with E-state index in [0.29, 0.717) is 5.56 Å². The fourth-order valence-electron chi connectivity index (χ4n) is 7.05. The molecule has 0 bridgehead atoms. The molecule has 37 heavy (non-hydrogen) atoms. The van der Waals surface area contributed by atoms with E-state index in [4.69, 9.17) is 4.74 Å². The second-order valence-electron chi connectivity index (χ2n) is 10.8. The predicted molar refractivity (Wildman–Crippen MR) is 146 cm³/mol. The van der Waals surface area contributed by atoms with E-state index in [9.17, 15) is 9.90 Å². The Hall–Kier alpha value is -3.60. The van der Waals surface area contributed by atoms with E-state index in [1.54, 1.807) is 6.07 Å². The maximum Gasteiger partial charge on any atom is 0.336 e. The number of benzene rings is 3. The molecule has 188 valence electrons. The molecule has 0 unspecified atom stereocenters. The lowest BCUT2D eigenvalue weighted by Crippen LogP contribution is -2.45. The average molecular weight is 494 g/mol. The molecule has 3 aromatic carbocycles. The largest absolute Gasteiger partial charge is 0.478 e. The Morgan fingerprint density at radius 3 is 2.65 bits per heavy atom. The monoisotopic (exact) mass is 493 g/mol. The first kappa shape index (κ1) is 22.6. The van der Waals surface area contributed by atoms with Crippen LogP contribution in [0.15, 0.2) is 36.4 Å². The minimum Gasteiger partial charge on any atom is -0.478 e. The second kappa shape index (κ2) is 8.76. The van der Waals surface area contributed by atoms with Crippen LogP contribution in [0.5, 0.6) is 11.5 Å². The summed E-state index contributed by atoms with van der Waals surface area (Å²) in [6.45, 7) is 5.40. The molecule has 0 spiro atoms. The number of aromatic carboxylic acids is 1. The van der Waals surface area contributed by atoms with Crippen LogP contribution in [0, 0.1) is 0 Å². The topological polar surface area (TPSA) is 61.6 Å². The number of nitrogens with zero attached hydrogens (tertiary/aromatic N) is 1. The van der Waals surface area contributed by atoms with Crippen molar-refractivity contribution in [2.45, 2.75) is 58.3 Å². The van der Waals surface area contributed by atoms with Crippen molar-refractivity contribution in [3.05, 3.63) is 85.9 Å². The Labute approximate surface area is 217 Å². The number of carboxylic acids is 1. The van der Waals surface area contributed by atoms with Crippen LogP contribution in [0.1, 0.15) is 76.3 Å². The molecule has 0 saturated carbocycles. The van der Waals surface area contributed by atoms with Crippen molar-refractivity contribution in [2.75, 3.05) is 25.0 Å². The fourth-order valence-corrected chi connectivity index (χ4v) is 7.05. The van der Waals surface area contributed by atoms with Gasteiger partial charge in [0.05, 0.1) is 11.1 Å². The molecule has 7 rings (SSSR count). The van der Waals surface area contributed by atoms with E-state index < -0.39 is 5.97 Å². The van der Waals surface area contributed by atoms with Crippen molar-refractivity contribution < 1.29 is 14.6 Å². The van der Waals surface area contributed by atoms with E-state index in [0.717, 1.165) is 104 Å². The van der Waals surface area contributed by atoms with Gasteiger partial charge in [0.2, 0.25) is 5.36 Å². The minimum atomic E-state index is -0.892. The summed E-state index contributed by atoms with van der Waals surface area (Å²) in [5, 5.41) is 16.3. The summed E-state index contributed by atoms with van der Waals surface area (Å²) in [6, 6.07) is 12.1. The van der Waals surface area contributed by atoms with Crippen LogP contribution in [0.2, 0.25) is 0 Å². The van der Waals surface area contributed by atoms with Gasteiger partial charge in [-0.25, -0.2) is 9.37 Å². The first-order valence-electron chi connectivity index (χ1n) is 13.9. The Morgan fingerprint density at radius 1 is 1.00 bits per heavy atom. The van der Waals surface area contributed by atoms with Gasteiger partial charge in [0.1, 0.15) is 24.6 Å². The van der Waals surface area contributed by atoms with Gasteiger partial charge in [0, 0.05) is 52.6 Å². The summed E-state index contributed by atoms with van der Waals surface area (Å²) in [7, 11) is 0. The normalized spacial score (nSPS) is 17.1. The number of fused-ring (bicyclic) bond motifs is 5. The summed E-state index contributed by atoms with van der Waals surface area (Å²) in [6.07, 6.45) is 8.40. The molecule has 3 aromatic rings. The first-order valence-corrected chi connectivity index (χ1v) is 13.9. The van der Waals surface area contributed by atoms with Gasteiger partial charge in [-0.05, 0) is 61.4 Å². The first-order chi connectivity index (χ1) is 18.2. The third kappa shape index (κ3) is 3.43. The molecule has 0 aliphatic carbocycles. The Morgan fingerprint density at radius 2 is 1.81 bits per heavy atom. The van der Waals surface area contributed by atoms with E-state index in [-0.39, 0.29) is 0 Å². The van der Waals surface area contributed by atoms with Crippen molar-refractivity contribution in [3.63, 3.8) is 0 Å². The fraction of sp³-hybridized carbons (Fsp3) is 0.375. The third-order valence-corrected chi connectivity index (χ3v) is 8.53. The van der Waals surface area contributed by atoms with Gasteiger partial charge in [-0.15, -0.1) is 0 Å². The van der Waals surface area contributed by atoms with Gasteiger partial charge >= 0.3 is 5.97 Å². The van der Waals surface area contributed by atoms with Crippen molar-refractivity contribution in [1.29, 1.82) is 0 Å². The van der Waals surface area contributed by atoms with Crippen molar-refractivity contribution in [2.24, 2.45) is 0 Å². The zero-order chi connectivity index (χ0) is 25.1. The molecular weight excluding hydrogens is 460 g/mol. The standard InChI is InChI=1S/C32H32N2O3/c1-2-8-19-17-25-27(21-10-3-4-11-22(21)32(35)36)26-18-20-9-6-15-34-16-7-13-24(29(20)34)31(26)37-30(25)23-12-5-14-33-28(19)23/h3-4,10-11,17-18H,2,5-9,12-16H2,1H3,(H,35,36)/p+1. The molecule has 4 heterocycles. The number of ether oxygens (including phenoxy) is 1. The second-order valence-corrected chi connectivity index (χ2v) is 10.8. The van der Waals surface area contributed by atoms with Crippen LogP contribution in [-0.4, -0.2) is 30.7 Å². The quantitative estimate of drug-likeness (QED) is 0.413. The highest BCUT2D eigenvalue weighted by molar-refractivity contribution is 5.99. The molecule has 0 amide bonds. The van der Waals surface area contributed by atoms with E-state index in [2.05, 4.69) is 28.9 Å². The number of hydrogen-bond acceptors (Lipinski definition) is 3. The highest BCUT2D eigenvalue weighted by atomic mass is 16.5. The maximum atomic E-state index is 12.4. The smallest absolute Gasteiger partial charge is 0.336 e. The number of hydrogen-bond donors (Lipinski definition) is 2. The molecular formula is C32H33N2O3+. The van der Waals surface area contributed by atoms with Crippen LogP contribution in [0.3, 0.4) is 0 Å². The summed E-state index contributed by atoms with van der Waals surface area (Å²) >= 11 is 0. The van der Waals surface area contributed by atoms with Crippen LogP contribution < -0.4 is 25.2 Å². The highest BCUT2D eigenvalue weighted by Gasteiger charge is 2.34. The maximum absolute atomic E-state index is 12.4. The lowest BCUT2D eigenvalue weighted by molar-refractivity contribution is 0.0696. The average Bonchev–Trinajstić information content (AvgIpc) is 2.93. The van der Waals surface area contributed by atoms with Gasteiger partial charge in [-0.3, -0.25) is 0 Å². The Bertz CT molecular complexity index is 1600. The Balaban J connectivity index is 1.65. The van der Waals surface area contributed by atoms with Crippen molar-refractivity contribution in [1.82, 2.24) is 4.58 Å². The lowest BCUT2D eigenvalue weighted by Gasteiger charge is -2.31. The number of carboxylic acid groups (broad SMARTS) is 1. The number of nitrogens with one attached hydrogen (secondary N) is 1. The zero-order valence-corrected chi connectivity index (χ0v) is 21.5. The van der Waals surface area contributed by atoms with E-state index in [1.807, 2.05) is 18.2 Å². The van der Waals surface area contributed by atoms with Gasteiger partial charge in [0.25, 0.3) is 0 Å². The van der Waals surface area contributed by atoms with Crippen LogP contribution in [0.4, 0.5) is 5.69 Å². The summed E-state index contributed by atoms with van der Waals surface area (Å²) in [5.41, 5.74) is 9.66. The summed E-state index contributed by atoms with van der Waals surface area (Å²) in [5.74, 6) is 0.981.